The van der Waals surface area contributed by atoms with Crippen LogP contribution in [0.5, 0.6) is 0 Å². The number of aromatic nitrogens is 2. The van der Waals surface area contributed by atoms with Crippen molar-refractivity contribution in [3.05, 3.63) is 17.1 Å². The molecule has 0 spiro atoms. The monoisotopic (exact) mass is 249 g/mol. The summed E-state index contributed by atoms with van der Waals surface area (Å²) in [5.41, 5.74) is 2.34. The van der Waals surface area contributed by atoms with Crippen molar-refractivity contribution in [2.45, 2.75) is 59.8 Å². The molecular weight excluding hydrogens is 222 g/mol. The van der Waals surface area contributed by atoms with Crippen LogP contribution in [0.15, 0.2) is 0 Å². The van der Waals surface area contributed by atoms with Gasteiger partial charge in [0.1, 0.15) is 11.6 Å². The Kier molecular flexibility index (Phi) is 5.12. The Labute approximate surface area is 111 Å². The van der Waals surface area contributed by atoms with Gasteiger partial charge in [0.15, 0.2) is 0 Å². The molecule has 1 atom stereocenters. The number of nitrogens with zero attached hydrogens (tertiary/aromatic N) is 2. The van der Waals surface area contributed by atoms with E-state index >= 15 is 0 Å². The molecule has 0 aliphatic rings. The number of hydrogen-bond donors (Lipinski definition) is 1. The molecule has 1 aromatic heterocycles. The molecule has 3 heteroatoms. The highest BCUT2D eigenvalue weighted by Gasteiger charge is 2.17. The first-order valence-corrected chi connectivity index (χ1v) is 6.93. The molecule has 102 valence electrons. The molecule has 18 heavy (non-hydrogen) atoms. The normalized spacial score (nSPS) is 13.2. The molecule has 1 rings (SSSR count). The van der Waals surface area contributed by atoms with Crippen molar-refractivity contribution < 1.29 is 0 Å². The summed E-state index contributed by atoms with van der Waals surface area (Å²) in [4.78, 5) is 9.41. The summed E-state index contributed by atoms with van der Waals surface area (Å²) in [6, 6.07) is 0. The molecule has 0 radical (unpaired) electrons. The lowest BCUT2D eigenvalue weighted by Crippen LogP contribution is -2.11. The predicted molar refractivity (Wildman–Crippen MR) is 78.3 cm³/mol. The second kappa shape index (κ2) is 6.17. The summed E-state index contributed by atoms with van der Waals surface area (Å²) < 4.78 is 0. The molecule has 1 unspecified atom stereocenters. The van der Waals surface area contributed by atoms with Crippen LogP contribution >= 0.6 is 0 Å². The maximum absolute atomic E-state index is 4.70. The van der Waals surface area contributed by atoms with Crippen molar-refractivity contribution in [3.8, 4) is 0 Å². The quantitative estimate of drug-likeness (QED) is 0.853. The van der Waals surface area contributed by atoms with Gasteiger partial charge in [0.25, 0.3) is 0 Å². The summed E-state index contributed by atoms with van der Waals surface area (Å²) in [5, 5.41) is 3.22. The third kappa shape index (κ3) is 3.44. The summed E-state index contributed by atoms with van der Waals surface area (Å²) in [5.74, 6) is 3.49. The smallest absolute Gasteiger partial charge is 0.133 e. The van der Waals surface area contributed by atoms with Crippen LogP contribution in [0.3, 0.4) is 0 Å². The minimum atomic E-state index is 0.414. The SMILES string of the molecule is CNc1nc(C(C)CC(C)C)nc(C)c1C(C)C. The van der Waals surface area contributed by atoms with Gasteiger partial charge in [-0.2, -0.15) is 0 Å². The highest BCUT2D eigenvalue weighted by atomic mass is 15.0. The van der Waals surface area contributed by atoms with Gasteiger partial charge in [-0.05, 0) is 25.2 Å². The van der Waals surface area contributed by atoms with E-state index in [0.717, 1.165) is 23.8 Å². The summed E-state index contributed by atoms with van der Waals surface area (Å²) in [7, 11) is 1.94. The van der Waals surface area contributed by atoms with Crippen molar-refractivity contribution in [3.63, 3.8) is 0 Å². The van der Waals surface area contributed by atoms with Crippen molar-refractivity contribution in [1.29, 1.82) is 0 Å². The lowest BCUT2D eigenvalue weighted by Gasteiger charge is -2.19. The molecule has 1 heterocycles. The van der Waals surface area contributed by atoms with Crippen molar-refractivity contribution >= 4 is 5.82 Å². The highest BCUT2D eigenvalue weighted by Crippen LogP contribution is 2.28. The second-order valence-electron chi connectivity index (χ2n) is 5.86. The highest BCUT2D eigenvalue weighted by molar-refractivity contribution is 5.48. The van der Waals surface area contributed by atoms with E-state index in [1.54, 1.807) is 0 Å². The third-order valence-corrected chi connectivity index (χ3v) is 3.23. The van der Waals surface area contributed by atoms with E-state index in [0.29, 0.717) is 17.8 Å². The molecule has 0 aliphatic carbocycles. The lowest BCUT2D eigenvalue weighted by atomic mass is 9.97. The van der Waals surface area contributed by atoms with Crippen LogP contribution < -0.4 is 5.32 Å². The van der Waals surface area contributed by atoms with Crippen LogP contribution in [0, 0.1) is 12.8 Å². The molecule has 1 aromatic rings. The Bertz CT molecular complexity index is 397. The molecule has 0 aliphatic heterocycles. The van der Waals surface area contributed by atoms with E-state index in [9.17, 15) is 0 Å². The maximum atomic E-state index is 4.70. The van der Waals surface area contributed by atoms with Gasteiger partial charge in [0.05, 0.1) is 0 Å². The van der Waals surface area contributed by atoms with Gasteiger partial charge in [-0.15, -0.1) is 0 Å². The van der Waals surface area contributed by atoms with Gasteiger partial charge in [0, 0.05) is 24.2 Å². The van der Waals surface area contributed by atoms with Gasteiger partial charge in [0.2, 0.25) is 0 Å². The van der Waals surface area contributed by atoms with Crippen LogP contribution in [-0.2, 0) is 0 Å². The van der Waals surface area contributed by atoms with Gasteiger partial charge >= 0.3 is 0 Å². The molecule has 0 saturated heterocycles. The first-order chi connectivity index (χ1) is 8.36. The number of aryl methyl sites for hydroxylation is 1. The zero-order chi connectivity index (χ0) is 13.9. The van der Waals surface area contributed by atoms with Gasteiger partial charge in [-0.1, -0.05) is 34.6 Å². The fourth-order valence-electron chi connectivity index (χ4n) is 2.52. The van der Waals surface area contributed by atoms with Gasteiger partial charge in [-0.3, -0.25) is 0 Å². The fraction of sp³-hybridized carbons (Fsp3) is 0.733. The van der Waals surface area contributed by atoms with Crippen LogP contribution in [0.2, 0.25) is 0 Å². The van der Waals surface area contributed by atoms with E-state index < -0.39 is 0 Å². The summed E-state index contributed by atoms with van der Waals surface area (Å²) in [6.45, 7) is 13.1. The molecule has 0 fully saturated rings. The van der Waals surface area contributed by atoms with Gasteiger partial charge in [-0.25, -0.2) is 9.97 Å². The standard InChI is InChI=1S/C15H27N3/c1-9(2)8-11(5)14-17-12(6)13(10(3)4)15(16-7)18-14/h9-11H,8H2,1-7H3,(H,16,17,18). The first-order valence-electron chi connectivity index (χ1n) is 6.93. The largest absolute Gasteiger partial charge is 0.373 e. The fourth-order valence-corrected chi connectivity index (χ4v) is 2.52. The Morgan fingerprint density at radius 2 is 1.67 bits per heavy atom. The van der Waals surface area contributed by atoms with E-state index in [-0.39, 0.29) is 0 Å². The van der Waals surface area contributed by atoms with Crippen molar-refractivity contribution in [2.75, 3.05) is 12.4 Å². The molecule has 0 aromatic carbocycles. The van der Waals surface area contributed by atoms with E-state index in [4.69, 9.17) is 9.97 Å². The molecule has 0 amide bonds. The van der Waals surface area contributed by atoms with Crippen LogP contribution in [0.4, 0.5) is 5.82 Å². The van der Waals surface area contributed by atoms with E-state index in [2.05, 4.69) is 46.9 Å². The van der Waals surface area contributed by atoms with E-state index in [1.165, 1.54) is 5.56 Å². The van der Waals surface area contributed by atoms with Crippen molar-refractivity contribution in [2.24, 2.45) is 5.92 Å². The molecule has 0 saturated carbocycles. The average molecular weight is 249 g/mol. The topological polar surface area (TPSA) is 37.8 Å². The zero-order valence-electron chi connectivity index (χ0n) is 12.8. The molecular formula is C15H27N3. The maximum Gasteiger partial charge on any atom is 0.133 e. The number of anilines is 1. The molecule has 0 bridgehead atoms. The average Bonchev–Trinajstić information content (AvgIpc) is 2.26. The van der Waals surface area contributed by atoms with Crippen molar-refractivity contribution in [1.82, 2.24) is 9.97 Å². The predicted octanol–water partition coefficient (Wildman–Crippen LogP) is 4.10. The Hall–Kier alpha value is -1.12. The number of nitrogens with one attached hydrogen (secondary N) is 1. The number of hydrogen-bond acceptors (Lipinski definition) is 3. The molecule has 1 N–H and O–H groups in total. The zero-order valence-corrected chi connectivity index (χ0v) is 12.8. The minimum absolute atomic E-state index is 0.414. The Morgan fingerprint density at radius 1 is 1.06 bits per heavy atom. The number of rotatable bonds is 5. The Morgan fingerprint density at radius 3 is 2.11 bits per heavy atom. The summed E-state index contributed by atoms with van der Waals surface area (Å²) in [6.07, 6.45) is 1.13. The van der Waals surface area contributed by atoms with Crippen LogP contribution in [0.25, 0.3) is 0 Å². The summed E-state index contributed by atoms with van der Waals surface area (Å²) >= 11 is 0. The molecule has 3 nitrogen and oxygen atoms in total. The third-order valence-electron chi connectivity index (χ3n) is 3.23. The lowest BCUT2D eigenvalue weighted by molar-refractivity contribution is 0.506. The Balaban J connectivity index is 3.14. The minimum Gasteiger partial charge on any atom is -0.373 e. The first kappa shape index (κ1) is 14.9. The van der Waals surface area contributed by atoms with Crippen LogP contribution in [0.1, 0.15) is 70.0 Å². The van der Waals surface area contributed by atoms with Gasteiger partial charge < -0.3 is 5.32 Å². The van der Waals surface area contributed by atoms with Crippen LogP contribution in [-0.4, -0.2) is 17.0 Å². The second-order valence-corrected chi connectivity index (χ2v) is 5.86. The van der Waals surface area contributed by atoms with E-state index in [1.807, 2.05) is 7.05 Å².